The van der Waals surface area contributed by atoms with Crippen LogP contribution < -0.4 is 4.90 Å². The first-order valence-electron chi connectivity index (χ1n) is 9.04. The van der Waals surface area contributed by atoms with Gasteiger partial charge in [0.15, 0.2) is 0 Å². The van der Waals surface area contributed by atoms with E-state index in [1.54, 1.807) is 0 Å². The molecule has 0 bridgehead atoms. The minimum atomic E-state index is -0.890. The number of hydrogen-bond donors (Lipinski definition) is 1. The summed E-state index contributed by atoms with van der Waals surface area (Å²) in [4.78, 5) is 19.3. The molecule has 0 saturated heterocycles. The van der Waals surface area contributed by atoms with Crippen LogP contribution in [0.2, 0.25) is 0 Å². The number of rotatable bonds is 4. The fourth-order valence-electron chi connectivity index (χ4n) is 3.80. The smallest absolute Gasteiger partial charge is 0.338 e. The number of carboxylic acids is 1. The van der Waals surface area contributed by atoms with Crippen molar-refractivity contribution in [2.45, 2.75) is 40.0 Å². The number of fused-ring (bicyclic) bond motifs is 1. The van der Waals surface area contributed by atoms with Gasteiger partial charge in [0.25, 0.3) is 0 Å². The molecule has 0 aliphatic carbocycles. The van der Waals surface area contributed by atoms with Crippen LogP contribution in [-0.2, 0) is 6.42 Å². The molecule has 1 aliphatic heterocycles. The average Bonchev–Trinajstić information content (AvgIpc) is 2.59. The van der Waals surface area contributed by atoms with Crippen LogP contribution in [0.25, 0.3) is 11.1 Å². The molecule has 0 fully saturated rings. The summed E-state index contributed by atoms with van der Waals surface area (Å²) in [5.41, 5.74) is 3.94. The maximum absolute atomic E-state index is 12.2. The molecular weight excluding hydrogens is 312 g/mol. The Morgan fingerprint density at radius 3 is 2.56 bits per heavy atom. The molecule has 1 aromatic carbocycles. The molecule has 0 radical (unpaired) electrons. The Morgan fingerprint density at radius 2 is 2.00 bits per heavy atom. The van der Waals surface area contributed by atoms with Crippen LogP contribution in [0.3, 0.4) is 0 Å². The van der Waals surface area contributed by atoms with Crippen LogP contribution in [-0.4, -0.2) is 29.1 Å². The maximum Gasteiger partial charge on any atom is 0.338 e. The molecule has 25 heavy (non-hydrogen) atoms. The van der Waals surface area contributed by atoms with Crippen molar-refractivity contribution < 1.29 is 9.90 Å². The van der Waals surface area contributed by atoms with E-state index in [0.29, 0.717) is 17.2 Å². The first-order chi connectivity index (χ1) is 11.9. The minimum Gasteiger partial charge on any atom is -0.478 e. The van der Waals surface area contributed by atoms with E-state index in [1.807, 2.05) is 44.2 Å². The lowest BCUT2D eigenvalue weighted by atomic mass is 9.85. The van der Waals surface area contributed by atoms with E-state index in [0.717, 1.165) is 42.0 Å². The quantitative estimate of drug-likeness (QED) is 0.886. The number of carbonyl (C=O) groups is 1. The molecule has 4 heteroatoms. The van der Waals surface area contributed by atoms with Gasteiger partial charge in [-0.15, -0.1) is 0 Å². The third kappa shape index (κ3) is 3.13. The van der Waals surface area contributed by atoms with E-state index in [1.165, 1.54) is 0 Å². The van der Waals surface area contributed by atoms with Crippen LogP contribution in [0.4, 0.5) is 5.82 Å². The van der Waals surface area contributed by atoms with Crippen molar-refractivity contribution in [1.82, 2.24) is 4.98 Å². The SMILES string of the molecule is CCN1CC(C)Cc2c1nc(C(C)C)c(C(=O)O)c2-c1ccccc1. The molecular formula is C21H26N2O2. The highest BCUT2D eigenvalue weighted by molar-refractivity contribution is 5.99. The van der Waals surface area contributed by atoms with Crippen LogP contribution in [0, 0.1) is 5.92 Å². The summed E-state index contributed by atoms with van der Waals surface area (Å²) in [5.74, 6) is 0.604. The monoisotopic (exact) mass is 338 g/mol. The topological polar surface area (TPSA) is 53.4 Å². The van der Waals surface area contributed by atoms with Gasteiger partial charge in [-0.2, -0.15) is 0 Å². The Labute approximate surface area is 149 Å². The Morgan fingerprint density at radius 1 is 1.32 bits per heavy atom. The second-order valence-electron chi connectivity index (χ2n) is 7.22. The Kier molecular flexibility index (Phi) is 4.80. The molecule has 1 aliphatic rings. The van der Waals surface area contributed by atoms with Gasteiger partial charge in [-0.3, -0.25) is 0 Å². The van der Waals surface area contributed by atoms with Gasteiger partial charge >= 0.3 is 5.97 Å². The summed E-state index contributed by atoms with van der Waals surface area (Å²) in [7, 11) is 0. The highest BCUT2D eigenvalue weighted by Gasteiger charge is 2.31. The van der Waals surface area contributed by atoms with Crippen molar-refractivity contribution in [3.63, 3.8) is 0 Å². The lowest BCUT2D eigenvalue weighted by Gasteiger charge is -2.35. The van der Waals surface area contributed by atoms with E-state index in [-0.39, 0.29) is 5.92 Å². The van der Waals surface area contributed by atoms with Gasteiger partial charge in [-0.05, 0) is 30.7 Å². The number of pyridine rings is 1. The van der Waals surface area contributed by atoms with E-state index in [2.05, 4.69) is 18.7 Å². The lowest BCUT2D eigenvalue weighted by molar-refractivity contribution is 0.0695. The number of hydrogen-bond acceptors (Lipinski definition) is 3. The standard InChI is InChI=1S/C21H26N2O2/c1-5-23-12-14(4)11-16-17(15-9-7-6-8-10-15)18(21(24)25)19(13(2)3)22-20(16)23/h6-10,13-14H,5,11-12H2,1-4H3,(H,24,25). The number of nitrogens with zero attached hydrogens (tertiary/aromatic N) is 2. The van der Waals surface area contributed by atoms with E-state index in [9.17, 15) is 9.90 Å². The van der Waals surface area contributed by atoms with Crippen molar-refractivity contribution in [2.75, 3.05) is 18.0 Å². The zero-order valence-electron chi connectivity index (χ0n) is 15.4. The van der Waals surface area contributed by atoms with Crippen molar-refractivity contribution in [3.05, 3.63) is 47.2 Å². The Balaban J connectivity index is 2.40. The first kappa shape index (κ1) is 17.5. The number of benzene rings is 1. The van der Waals surface area contributed by atoms with Gasteiger partial charge in [0.1, 0.15) is 5.82 Å². The minimum absolute atomic E-state index is 0.0527. The van der Waals surface area contributed by atoms with Crippen molar-refractivity contribution >= 4 is 11.8 Å². The lowest BCUT2D eigenvalue weighted by Crippen LogP contribution is -2.36. The fourth-order valence-corrected chi connectivity index (χ4v) is 3.80. The maximum atomic E-state index is 12.2. The molecule has 3 rings (SSSR count). The van der Waals surface area contributed by atoms with Gasteiger partial charge < -0.3 is 10.0 Å². The largest absolute Gasteiger partial charge is 0.478 e. The molecule has 0 saturated carbocycles. The zero-order valence-corrected chi connectivity index (χ0v) is 15.4. The van der Waals surface area contributed by atoms with Crippen molar-refractivity contribution in [2.24, 2.45) is 5.92 Å². The summed E-state index contributed by atoms with van der Waals surface area (Å²) in [6.45, 7) is 10.2. The van der Waals surface area contributed by atoms with Crippen LogP contribution >= 0.6 is 0 Å². The Hall–Kier alpha value is -2.36. The van der Waals surface area contributed by atoms with Crippen molar-refractivity contribution in [3.8, 4) is 11.1 Å². The average molecular weight is 338 g/mol. The second kappa shape index (κ2) is 6.87. The summed E-state index contributed by atoms with van der Waals surface area (Å²) < 4.78 is 0. The third-order valence-corrected chi connectivity index (χ3v) is 4.89. The van der Waals surface area contributed by atoms with Gasteiger partial charge in [-0.1, -0.05) is 51.1 Å². The van der Waals surface area contributed by atoms with Gasteiger partial charge in [0, 0.05) is 24.2 Å². The molecule has 1 aromatic heterocycles. The van der Waals surface area contributed by atoms with E-state index >= 15 is 0 Å². The highest BCUT2D eigenvalue weighted by Crippen LogP contribution is 2.40. The van der Waals surface area contributed by atoms with E-state index < -0.39 is 5.97 Å². The molecule has 0 spiro atoms. The van der Waals surface area contributed by atoms with E-state index in [4.69, 9.17) is 4.98 Å². The molecule has 2 heterocycles. The predicted molar refractivity (Wildman–Crippen MR) is 101 cm³/mol. The predicted octanol–water partition coefficient (Wildman–Crippen LogP) is 4.59. The molecule has 1 unspecified atom stereocenters. The highest BCUT2D eigenvalue weighted by atomic mass is 16.4. The number of aromatic nitrogens is 1. The summed E-state index contributed by atoms with van der Waals surface area (Å²) in [6, 6.07) is 9.89. The van der Waals surface area contributed by atoms with Crippen LogP contribution in [0.1, 0.15) is 55.2 Å². The van der Waals surface area contributed by atoms with Crippen LogP contribution in [0.5, 0.6) is 0 Å². The molecule has 0 amide bonds. The second-order valence-corrected chi connectivity index (χ2v) is 7.22. The number of aromatic carboxylic acids is 1. The zero-order chi connectivity index (χ0) is 18.1. The van der Waals surface area contributed by atoms with Crippen LogP contribution in [0.15, 0.2) is 30.3 Å². The van der Waals surface area contributed by atoms with Gasteiger partial charge in [-0.25, -0.2) is 9.78 Å². The molecule has 4 nitrogen and oxygen atoms in total. The summed E-state index contributed by atoms with van der Waals surface area (Å²) >= 11 is 0. The fraction of sp³-hybridized carbons (Fsp3) is 0.429. The number of anilines is 1. The molecule has 1 N–H and O–H groups in total. The third-order valence-electron chi connectivity index (χ3n) is 4.89. The summed E-state index contributed by atoms with van der Waals surface area (Å²) in [6.07, 6.45) is 0.863. The number of carboxylic acid groups (broad SMARTS) is 1. The van der Waals surface area contributed by atoms with Gasteiger partial charge in [0.2, 0.25) is 0 Å². The van der Waals surface area contributed by atoms with Gasteiger partial charge in [0.05, 0.1) is 11.3 Å². The first-order valence-corrected chi connectivity index (χ1v) is 9.04. The summed E-state index contributed by atoms with van der Waals surface area (Å²) in [5, 5.41) is 9.99. The Bertz CT molecular complexity index is 784. The normalized spacial score (nSPS) is 16.8. The molecule has 1 atom stereocenters. The molecule has 132 valence electrons. The molecule has 2 aromatic rings. The van der Waals surface area contributed by atoms with Crippen molar-refractivity contribution in [1.29, 1.82) is 0 Å².